The Hall–Kier alpha value is -3.09. The molecule has 0 aliphatic heterocycles. The van der Waals surface area contributed by atoms with E-state index >= 15 is 0 Å². The highest BCUT2D eigenvalue weighted by atomic mass is 16.5. The Labute approximate surface area is 146 Å². The van der Waals surface area contributed by atoms with Gasteiger partial charge < -0.3 is 20.4 Å². The van der Waals surface area contributed by atoms with Gasteiger partial charge in [-0.1, -0.05) is 5.16 Å². The molecule has 0 saturated carbocycles. The Morgan fingerprint density at radius 2 is 1.92 bits per heavy atom. The van der Waals surface area contributed by atoms with Crippen molar-refractivity contribution in [2.24, 2.45) is 16.3 Å². The van der Waals surface area contributed by atoms with Gasteiger partial charge in [0, 0.05) is 17.3 Å². The maximum absolute atomic E-state index is 11.6. The molecule has 0 bridgehead atoms. The van der Waals surface area contributed by atoms with Crippen LogP contribution in [0.3, 0.4) is 0 Å². The van der Waals surface area contributed by atoms with Crippen molar-refractivity contribution in [3.63, 3.8) is 0 Å². The first-order valence-electron chi connectivity index (χ1n) is 7.63. The summed E-state index contributed by atoms with van der Waals surface area (Å²) < 4.78 is 10.4. The van der Waals surface area contributed by atoms with E-state index in [0.29, 0.717) is 11.3 Å². The van der Waals surface area contributed by atoms with Gasteiger partial charge in [0.25, 0.3) is 0 Å². The zero-order valence-electron chi connectivity index (χ0n) is 14.4. The molecule has 0 aliphatic rings. The number of benzene rings is 1. The van der Waals surface area contributed by atoms with Crippen molar-refractivity contribution in [2.75, 3.05) is 13.7 Å². The minimum Gasteiger partial charge on any atom is -0.492 e. The summed E-state index contributed by atoms with van der Waals surface area (Å²) in [5, 5.41) is 11.6. The van der Waals surface area contributed by atoms with Gasteiger partial charge in [-0.3, -0.25) is 9.78 Å². The summed E-state index contributed by atoms with van der Waals surface area (Å²) in [6, 6.07) is 10.9. The fraction of sp³-hybridized carbons (Fsp3) is 0.278. The van der Waals surface area contributed by atoms with Gasteiger partial charge in [0.1, 0.15) is 12.4 Å². The molecule has 1 heterocycles. The van der Waals surface area contributed by atoms with Gasteiger partial charge in [-0.25, -0.2) is 0 Å². The van der Waals surface area contributed by atoms with E-state index in [1.54, 1.807) is 26.0 Å². The van der Waals surface area contributed by atoms with Gasteiger partial charge >= 0.3 is 5.97 Å². The van der Waals surface area contributed by atoms with Crippen LogP contribution in [0.15, 0.2) is 47.8 Å². The van der Waals surface area contributed by atoms with Gasteiger partial charge in [0.15, 0.2) is 5.84 Å². The standard InChI is InChI=1S/C18H21N3O4/c1-18(2,17(22)24-3)11-25-14-7-4-12(5-8-14)15-9-6-13(10-20-15)16(19)21-23/h4-10,23H,11H2,1-3H3,(H2,19,21). The van der Waals surface area contributed by atoms with Crippen LogP contribution in [0.25, 0.3) is 11.3 Å². The molecule has 2 aromatic rings. The number of methoxy groups -OCH3 is 1. The topological polar surface area (TPSA) is 107 Å². The Morgan fingerprint density at radius 1 is 1.24 bits per heavy atom. The number of nitrogens with zero attached hydrogens (tertiary/aromatic N) is 2. The smallest absolute Gasteiger partial charge is 0.314 e. The maximum atomic E-state index is 11.6. The SMILES string of the molecule is COC(=O)C(C)(C)COc1ccc(-c2ccc(C(N)=NO)cn2)cc1. The van der Waals surface area contributed by atoms with Crippen LogP contribution in [0.5, 0.6) is 5.75 Å². The predicted octanol–water partition coefficient (Wildman–Crippen LogP) is 2.42. The van der Waals surface area contributed by atoms with Crippen LogP contribution in [0.4, 0.5) is 0 Å². The molecule has 1 aromatic carbocycles. The number of amidine groups is 1. The van der Waals surface area contributed by atoms with Gasteiger partial charge in [0.05, 0.1) is 18.2 Å². The molecule has 7 nitrogen and oxygen atoms in total. The van der Waals surface area contributed by atoms with Crippen LogP contribution < -0.4 is 10.5 Å². The Kier molecular flexibility index (Phi) is 5.59. The van der Waals surface area contributed by atoms with Gasteiger partial charge in [-0.15, -0.1) is 0 Å². The Balaban J connectivity index is 2.06. The van der Waals surface area contributed by atoms with E-state index in [1.807, 2.05) is 24.3 Å². The molecule has 1 aromatic heterocycles. The zero-order valence-corrected chi connectivity index (χ0v) is 14.4. The third-order valence-corrected chi connectivity index (χ3v) is 3.65. The fourth-order valence-electron chi connectivity index (χ4n) is 2.09. The number of rotatable bonds is 6. The molecule has 7 heteroatoms. The monoisotopic (exact) mass is 343 g/mol. The van der Waals surface area contributed by atoms with Crippen LogP contribution >= 0.6 is 0 Å². The lowest BCUT2D eigenvalue weighted by atomic mass is 9.95. The van der Waals surface area contributed by atoms with E-state index in [4.69, 9.17) is 20.4 Å². The summed E-state index contributed by atoms with van der Waals surface area (Å²) in [6.07, 6.45) is 1.54. The normalized spacial score (nSPS) is 11.9. The van der Waals surface area contributed by atoms with Gasteiger partial charge in [0.2, 0.25) is 0 Å². The van der Waals surface area contributed by atoms with Crippen molar-refractivity contribution in [3.8, 4) is 17.0 Å². The van der Waals surface area contributed by atoms with E-state index < -0.39 is 5.41 Å². The molecule has 0 unspecified atom stereocenters. The summed E-state index contributed by atoms with van der Waals surface area (Å²) in [5.74, 6) is 0.337. The van der Waals surface area contributed by atoms with E-state index in [0.717, 1.165) is 11.3 Å². The van der Waals surface area contributed by atoms with E-state index in [2.05, 4.69) is 10.1 Å². The fourth-order valence-corrected chi connectivity index (χ4v) is 2.09. The first-order chi connectivity index (χ1) is 11.9. The summed E-state index contributed by atoms with van der Waals surface area (Å²) in [7, 11) is 1.36. The molecule has 0 saturated heterocycles. The number of oxime groups is 1. The van der Waals surface area contributed by atoms with Gasteiger partial charge in [-0.2, -0.15) is 0 Å². The van der Waals surface area contributed by atoms with Crippen LogP contribution in [0, 0.1) is 5.41 Å². The average Bonchev–Trinajstić information content (AvgIpc) is 2.65. The number of pyridine rings is 1. The number of esters is 1. The summed E-state index contributed by atoms with van der Waals surface area (Å²) in [4.78, 5) is 15.9. The van der Waals surface area contributed by atoms with Crippen molar-refractivity contribution in [1.29, 1.82) is 0 Å². The van der Waals surface area contributed by atoms with Crippen molar-refractivity contribution in [1.82, 2.24) is 4.98 Å². The molecule has 0 amide bonds. The maximum Gasteiger partial charge on any atom is 0.314 e. The molecule has 0 atom stereocenters. The predicted molar refractivity (Wildman–Crippen MR) is 93.5 cm³/mol. The number of hydrogen-bond donors (Lipinski definition) is 2. The van der Waals surface area contributed by atoms with Crippen molar-refractivity contribution in [3.05, 3.63) is 48.2 Å². The van der Waals surface area contributed by atoms with E-state index in [-0.39, 0.29) is 18.4 Å². The van der Waals surface area contributed by atoms with Crippen LogP contribution in [-0.2, 0) is 9.53 Å². The molecule has 0 radical (unpaired) electrons. The summed E-state index contributed by atoms with van der Waals surface area (Å²) >= 11 is 0. The summed E-state index contributed by atoms with van der Waals surface area (Å²) in [5.41, 5.74) is 6.97. The van der Waals surface area contributed by atoms with Gasteiger partial charge in [-0.05, 0) is 50.2 Å². The minimum absolute atomic E-state index is 0.0102. The second-order valence-electron chi connectivity index (χ2n) is 6.11. The molecular formula is C18H21N3O4. The quantitative estimate of drug-likeness (QED) is 0.274. The number of carbonyl (C=O) groups excluding carboxylic acids is 1. The van der Waals surface area contributed by atoms with Crippen molar-refractivity contribution in [2.45, 2.75) is 13.8 Å². The van der Waals surface area contributed by atoms with Crippen LogP contribution in [-0.4, -0.2) is 35.7 Å². The lowest BCUT2D eigenvalue weighted by Gasteiger charge is -2.21. The molecular weight excluding hydrogens is 322 g/mol. The lowest BCUT2D eigenvalue weighted by molar-refractivity contribution is -0.152. The molecule has 0 aliphatic carbocycles. The van der Waals surface area contributed by atoms with E-state index in [9.17, 15) is 4.79 Å². The summed E-state index contributed by atoms with van der Waals surface area (Å²) in [6.45, 7) is 3.74. The Morgan fingerprint density at radius 3 is 2.44 bits per heavy atom. The Bertz CT molecular complexity index is 753. The van der Waals surface area contributed by atoms with Crippen molar-refractivity contribution < 1.29 is 19.5 Å². The first-order valence-corrected chi connectivity index (χ1v) is 7.63. The second kappa shape index (κ2) is 7.65. The molecule has 25 heavy (non-hydrogen) atoms. The van der Waals surface area contributed by atoms with Crippen LogP contribution in [0.2, 0.25) is 0 Å². The number of ether oxygens (including phenoxy) is 2. The minimum atomic E-state index is -0.723. The first kappa shape index (κ1) is 18.3. The highest BCUT2D eigenvalue weighted by Crippen LogP contribution is 2.23. The zero-order chi connectivity index (χ0) is 18.4. The number of aromatic nitrogens is 1. The number of nitrogens with two attached hydrogens (primary N) is 1. The van der Waals surface area contributed by atoms with E-state index in [1.165, 1.54) is 13.3 Å². The third-order valence-electron chi connectivity index (χ3n) is 3.65. The number of carbonyl (C=O) groups is 1. The largest absolute Gasteiger partial charge is 0.492 e. The molecule has 132 valence electrons. The highest BCUT2D eigenvalue weighted by Gasteiger charge is 2.29. The van der Waals surface area contributed by atoms with Crippen molar-refractivity contribution >= 4 is 11.8 Å². The lowest BCUT2D eigenvalue weighted by Crippen LogP contribution is -2.32. The molecule has 3 N–H and O–H groups in total. The second-order valence-corrected chi connectivity index (χ2v) is 6.11. The third kappa shape index (κ3) is 4.47. The molecule has 0 fully saturated rings. The highest BCUT2D eigenvalue weighted by molar-refractivity contribution is 5.96. The average molecular weight is 343 g/mol. The number of hydrogen-bond acceptors (Lipinski definition) is 6. The van der Waals surface area contributed by atoms with Crippen LogP contribution in [0.1, 0.15) is 19.4 Å². The molecule has 0 spiro atoms. The molecule has 2 rings (SSSR count).